The lowest BCUT2D eigenvalue weighted by Crippen LogP contribution is -2.48. The number of rotatable bonds is 10. The Labute approximate surface area is 226 Å². The third kappa shape index (κ3) is 7.45. The molecule has 198 valence electrons. The summed E-state index contributed by atoms with van der Waals surface area (Å²) in [6.45, 7) is 0.302. The minimum Gasteiger partial charge on any atom is -0.508 e. The molecule has 4 N–H and O–H groups in total. The number of anilines is 1. The van der Waals surface area contributed by atoms with E-state index in [0.717, 1.165) is 11.1 Å². The first-order valence-electron chi connectivity index (χ1n) is 12.4. The first-order chi connectivity index (χ1) is 18.9. The monoisotopic (exact) mass is 523 g/mol. The summed E-state index contributed by atoms with van der Waals surface area (Å²) < 4.78 is 5.14. The van der Waals surface area contributed by atoms with E-state index in [1.165, 1.54) is 12.1 Å². The number of hydrogen-bond donors (Lipinski definition) is 4. The molecule has 0 saturated carbocycles. The molecular formula is C31H29N3O5. The molecule has 3 amide bonds. The van der Waals surface area contributed by atoms with E-state index in [1.54, 1.807) is 67.8 Å². The predicted molar refractivity (Wildman–Crippen MR) is 149 cm³/mol. The summed E-state index contributed by atoms with van der Waals surface area (Å²) in [6.07, 6.45) is 0.201. The fraction of sp³-hybridized carbons (Fsp3) is 0.129. The number of phenols is 1. The second-order valence-electron chi connectivity index (χ2n) is 8.83. The Balaban J connectivity index is 1.51. The van der Waals surface area contributed by atoms with E-state index in [4.69, 9.17) is 4.74 Å². The molecule has 0 unspecified atom stereocenters. The standard InChI is InChI=1S/C31H29N3O5/c1-39-25-17-13-23(14-18-25)29(36)33-27-10-6-5-9-26(27)30(37)34-28(19-21-11-15-24(35)16-12-21)31(38)32-20-22-7-3-2-4-8-22/h2-18,28,35H,19-20H2,1H3,(H,32,38)(H,33,36)(H,34,37)/t28-/m1/s1. The Bertz CT molecular complexity index is 1420. The second-order valence-corrected chi connectivity index (χ2v) is 8.83. The van der Waals surface area contributed by atoms with Crippen LogP contribution in [0.2, 0.25) is 0 Å². The zero-order valence-corrected chi connectivity index (χ0v) is 21.4. The Morgan fingerprint density at radius 2 is 1.44 bits per heavy atom. The van der Waals surface area contributed by atoms with Gasteiger partial charge in [0.2, 0.25) is 5.91 Å². The van der Waals surface area contributed by atoms with Crippen molar-refractivity contribution in [3.8, 4) is 11.5 Å². The van der Waals surface area contributed by atoms with Crippen LogP contribution in [0.4, 0.5) is 5.69 Å². The molecule has 0 fully saturated rings. The number of amides is 3. The van der Waals surface area contributed by atoms with Crippen molar-refractivity contribution >= 4 is 23.4 Å². The van der Waals surface area contributed by atoms with Gasteiger partial charge in [-0.15, -0.1) is 0 Å². The van der Waals surface area contributed by atoms with Crippen LogP contribution >= 0.6 is 0 Å². The smallest absolute Gasteiger partial charge is 0.255 e. The predicted octanol–water partition coefficient (Wildman–Crippen LogP) is 4.31. The van der Waals surface area contributed by atoms with Crippen LogP contribution in [0.15, 0.2) is 103 Å². The van der Waals surface area contributed by atoms with Crippen LogP contribution < -0.4 is 20.7 Å². The van der Waals surface area contributed by atoms with E-state index >= 15 is 0 Å². The van der Waals surface area contributed by atoms with Gasteiger partial charge in [0.1, 0.15) is 17.5 Å². The van der Waals surface area contributed by atoms with Crippen molar-refractivity contribution in [3.63, 3.8) is 0 Å². The van der Waals surface area contributed by atoms with Crippen LogP contribution in [0.1, 0.15) is 31.8 Å². The van der Waals surface area contributed by atoms with Crippen molar-refractivity contribution in [2.45, 2.75) is 19.0 Å². The Kier molecular flexibility index (Phi) is 8.92. The molecule has 0 spiro atoms. The maximum absolute atomic E-state index is 13.4. The molecule has 0 aliphatic heterocycles. The Hall–Kier alpha value is -5.11. The van der Waals surface area contributed by atoms with Gasteiger partial charge < -0.3 is 25.8 Å². The molecule has 8 heteroatoms. The van der Waals surface area contributed by atoms with Crippen LogP contribution in [-0.4, -0.2) is 36.0 Å². The molecule has 8 nitrogen and oxygen atoms in total. The summed E-state index contributed by atoms with van der Waals surface area (Å²) in [7, 11) is 1.54. The minimum atomic E-state index is -0.906. The summed E-state index contributed by atoms with van der Waals surface area (Å²) >= 11 is 0. The van der Waals surface area contributed by atoms with Gasteiger partial charge in [-0.05, 0) is 59.7 Å². The first-order valence-corrected chi connectivity index (χ1v) is 12.4. The molecule has 4 aromatic carbocycles. The van der Waals surface area contributed by atoms with Crippen LogP contribution in [0.5, 0.6) is 11.5 Å². The van der Waals surface area contributed by atoms with Crippen LogP contribution in [0.3, 0.4) is 0 Å². The molecule has 39 heavy (non-hydrogen) atoms. The second kappa shape index (κ2) is 12.9. The Morgan fingerprint density at radius 1 is 0.769 bits per heavy atom. The number of methoxy groups -OCH3 is 1. The van der Waals surface area contributed by atoms with Crippen LogP contribution in [0, 0.1) is 0 Å². The number of carbonyl (C=O) groups excluding carboxylic acids is 3. The lowest BCUT2D eigenvalue weighted by atomic mass is 10.0. The summed E-state index contributed by atoms with van der Waals surface area (Å²) in [5.41, 5.74) is 2.60. The van der Waals surface area contributed by atoms with Gasteiger partial charge in [-0.3, -0.25) is 14.4 Å². The summed E-state index contributed by atoms with van der Waals surface area (Å²) in [6, 6.07) is 28.2. The normalized spacial score (nSPS) is 11.2. The van der Waals surface area contributed by atoms with Crippen molar-refractivity contribution in [1.29, 1.82) is 0 Å². The van der Waals surface area contributed by atoms with E-state index in [0.29, 0.717) is 23.5 Å². The topological polar surface area (TPSA) is 117 Å². The van der Waals surface area contributed by atoms with Gasteiger partial charge in [-0.25, -0.2) is 0 Å². The van der Waals surface area contributed by atoms with E-state index < -0.39 is 11.9 Å². The number of para-hydroxylation sites is 1. The third-order valence-corrected chi connectivity index (χ3v) is 6.08. The van der Waals surface area contributed by atoms with Crippen molar-refractivity contribution < 1.29 is 24.2 Å². The van der Waals surface area contributed by atoms with E-state index in [2.05, 4.69) is 16.0 Å². The van der Waals surface area contributed by atoms with Crippen LogP contribution in [0.25, 0.3) is 0 Å². The van der Waals surface area contributed by atoms with Crippen LogP contribution in [-0.2, 0) is 17.8 Å². The third-order valence-electron chi connectivity index (χ3n) is 6.08. The number of hydrogen-bond acceptors (Lipinski definition) is 5. The van der Waals surface area contributed by atoms with Gasteiger partial charge >= 0.3 is 0 Å². The van der Waals surface area contributed by atoms with Gasteiger partial charge in [0.25, 0.3) is 11.8 Å². The average molecular weight is 524 g/mol. The molecule has 0 radical (unpaired) electrons. The average Bonchev–Trinajstić information content (AvgIpc) is 2.97. The van der Waals surface area contributed by atoms with Crippen molar-refractivity contribution in [2.24, 2.45) is 0 Å². The number of nitrogens with one attached hydrogen (secondary N) is 3. The first kappa shape index (κ1) is 26.9. The summed E-state index contributed by atoms with van der Waals surface area (Å²) in [5, 5.41) is 18.1. The van der Waals surface area contributed by atoms with Crippen molar-refractivity contribution in [1.82, 2.24) is 10.6 Å². The highest BCUT2D eigenvalue weighted by Gasteiger charge is 2.23. The number of aromatic hydroxyl groups is 1. The van der Waals surface area contributed by atoms with Gasteiger partial charge in [0.05, 0.1) is 18.4 Å². The maximum Gasteiger partial charge on any atom is 0.255 e. The fourth-order valence-corrected chi connectivity index (χ4v) is 3.95. The molecule has 0 heterocycles. The molecule has 4 rings (SSSR count). The summed E-state index contributed by atoms with van der Waals surface area (Å²) in [4.78, 5) is 39.4. The lowest BCUT2D eigenvalue weighted by molar-refractivity contribution is -0.123. The van der Waals surface area contributed by atoms with E-state index in [1.807, 2.05) is 30.3 Å². The highest BCUT2D eigenvalue weighted by atomic mass is 16.5. The largest absolute Gasteiger partial charge is 0.508 e. The van der Waals surface area contributed by atoms with E-state index in [9.17, 15) is 19.5 Å². The molecule has 0 bridgehead atoms. The fourth-order valence-electron chi connectivity index (χ4n) is 3.95. The van der Waals surface area contributed by atoms with Crippen molar-refractivity contribution in [3.05, 3.63) is 125 Å². The van der Waals surface area contributed by atoms with Gasteiger partial charge in [0, 0.05) is 18.5 Å². The molecule has 0 aromatic heterocycles. The maximum atomic E-state index is 13.4. The number of phenolic OH excluding ortho intramolecular Hbond substituents is 1. The van der Waals surface area contributed by atoms with Gasteiger partial charge in [-0.2, -0.15) is 0 Å². The van der Waals surface area contributed by atoms with E-state index in [-0.39, 0.29) is 29.5 Å². The highest BCUT2D eigenvalue weighted by Crippen LogP contribution is 2.19. The number of ether oxygens (including phenoxy) is 1. The van der Waals surface area contributed by atoms with Crippen molar-refractivity contribution in [2.75, 3.05) is 12.4 Å². The zero-order valence-electron chi connectivity index (χ0n) is 21.4. The molecule has 4 aromatic rings. The SMILES string of the molecule is COc1ccc(C(=O)Nc2ccccc2C(=O)N[C@H](Cc2ccc(O)cc2)C(=O)NCc2ccccc2)cc1. The molecule has 1 atom stereocenters. The number of benzene rings is 4. The molecule has 0 aliphatic carbocycles. The van der Waals surface area contributed by atoms with Gasteiger partial charge in [0.15, 0.2) is 0 Å². The molecule has 0 aliphatic rings. The lowest BCUT2D eigenvalue weighted by Gasteiger charge is -2.20. The zero-order chi connectivity index (χ0) is 27.6. The highest BCUT2D eigenvalue weighted by molar-refractivity contribution is 6.09. The Morgan fingerprint density at radius 3 is 2.13 bits per heavy atom. The molecular weight excluding hydrogens is 494 g/mol. The quantitative estimate of drug-likeness (QED) is 0.247. The van der Waals surface area contributed by atoms with Gasteiger partial charge in [-0.1, -0.05) is 54.6 Å². The molecule has 0 saturated heterocycles. The number of carbonyl (C=O) groups is 3. The summed E-state index contributed by atoms with van der Waals surface area (Å²) in [5.74, 6) is -0.538. The minimum absolute atomic E-state index is 0.106.